The van der Waals surface area contributed by atoms with Crippen LogP contribution in [0.15, 0.2) is 40.6 Å². The van der Waals surface area contributed by atoms with Gasteiger partial charge in [-0.2, -0.15) is 4.31 Å². The normalized spacial score (nSPS) is 20.0. The van der Waals surface area contributed by atoms with E-state index in [0.29, 0.717) is 35.0 Å². The van der Waals surface area contributed by atoms with Gasteiger partial charge in [0.25, 0.3) is 10.0 Å². The van der Waals surface area contributed by atoms with E-state index < -0.39 is 15.9 Å². The highest BCUT2D eigenvalue weighted by Gasteiger charge is 2.34. The van der Waals surface area contributed by atoms with Crippen molar-refractivity contribution in [2.45, 2.75) is 36.8 Å². The zero-order valence-corrected chi connectivity index (χ0v) is 18.4. The molecule has 0 radical (unpaired) electrons. The molecule has 9 heteroatoms. The Morgan fingerprint density at radius 3 is 2.27 bits per heavy atom. The quantitative estimate of drug-likeness (QED) is 0.709. The van der Waals surface area contributed by atoms with Crippen molar-refractivity contribution in [1.82, 2.24) is 4.31 Å². The Morgan fingerprint density at radius 1 is 1.00 bits per heavy atom. The first-order valence-corrected chi connectivity index (χ1v) is 12.4. The fraction of sp³-hybridized carbons (Fsp3) is 0.429. The molecule has 2 fully saturated rings. The molecule has 1 aromatic carbocycles. The molecule has 7 nitrogen and oxygen atoms in total. The van der Waals surface area contributed by atoms with Crippen LogP contribution in [0, 0.1) is 18.8 Å². The van der Waals surface area contributed by atoms with Gasteiger partial charge < -0.3 is 10.6 Å². The molecule has 1 unspecified atom stereocenters. The second kappa shape index (κ2) is 8.49. The first-order valence-electron chi connectivity index (χ1n) is 10.1. The summed E-state index contributed by atoms with van der Waals surface area (Å²) in [6.45, 7) is 2.46. The zero-order valence-electron chi connectivity index (χ0n) is 16.8. The van der Waals surface area contributed by atoms with Gasteiger partial charge in [0.2, 0.25) is 11.8 Å². The molecular formula is C21H25N3O4S2. The number of benzene rings is 1. The van der Waals surface area contributed by atoms with Crippen molar-refractivity contribution in [2.24, 2.45) is 11.8 Å². The molecule has 1 saturated carbocycles. The van der Waals surface area contributed by atoms with Gasteiger partial charge in [0.05, 0.1) is 5.92 Å². The fourth-order valence-corrected chi connectivity index (χ4v) is 6.52. The van der Waals surface area contributed by atoms with Crippen LogP contribution in [0.1, 0.15) is 30.6 Å². The van der Waals surface area contributed by atoms with Crippen molar-refractivity contribution in [3.63, 3.8) is 0 Å². The van der Waals surface area contributed by atoms with Gasteiger partial charge in [-0.1, -0.05) is 6.07 Å². The molecule has 1 aliphatic heterocycles. The van der Waals surface area contributed by atoms with E-state index in [9.17, 15) is 18.0 Å². The van der Waals surface area contributed by atoms with Crippen LogP contribution in [0.2, 0.25) is 0 Å². The number of amides is 2. The van der Waals surface area contributed by atoms with Crippen LogP contribution >= 0.6 is 11.3 Å². The molecule has 2 amide bonds. The number of nitrogens with zero attached hydrogens (tertiary/aromatic N) is 1. The highest BCUT2D eigenvalue weighted by atomic mass is 32.2. The molecule has 1 aliphatic carbocycles. The van der Waals surface area contributed by atoms with Crippen LogP contribution in [0.3, 0.4) is 0 Å². The van der Waals surface area contributed by atoms with Crippen molar-refractivity contribution < 1.29 is 18.0 Å². The van der Waals surface area contributed by atoms with Gasteiger partial charge in [0.15, 0.2) is 0 Å². The van der Waals surface area contributed by atoms with Gasteiger partial charge in [-0.3, -0.25) is 9.59 Å². The Labute approximate surface area is 180 Å². The van der Waals surface area contributed by atoms with Crippen LogP contribution in [-0.4, -0.2) is 37.6 Å². The van der Waals surface area contributed by atoms with Gasteiger partial charge in [0.1, 0.15) is 4.21 Å². The molecule has 1 saturated heterocycles. The largest absolute Gasteiger partial charge is 0.326 e. The number of anilines is 2. The summed E-state index contributed by atoms with van der Waals surface area (Å²) in [7, 11) is -3.58. The number of aryl methyl sites for hydroxylation is 1. The smallest absolute Gasteiger partial charge is 0.252 e. The van der Waals surface area contributed by atoms with E-state index in [4.69, 9.17) is 0 Å². The summed E-state index contributed by atoms with van der Waals surface area (Å²) in [4.78, 5) is 25.7. The van der Waals surface area contributed by atoms with Crippen LogP contribution in [0.4, 0.5) is 11.4 Å². The number of piperidine rings is 1. The van der Waals surface area contributed by atoms with Crippen LogP contribution in [0.25, 0.3) is 0 Å². The average molecular weight is 448 g/mol. The lowest BCUT2D eigenvalue weighted by atomic mass is 9.98. The number of thiophene rings is 1. The van der Waals surface area contributed by atoms with E-state index in [2.05, 4.69) is 10.6 Å². The third kappa shape index (κ3) is 4.74. The Morgan fingerprint density at radius 2 is 1.67 bits per heavy atom. The lowest BCUT2D eigenvalue weighted by Gasteiger charge is -2.30. The van der Waals surface area contributed by atoms with Crippen molar-refractivity contribution in [2.75, 3.05) is 23.7 Å². The number of hydrogen-bond donors (Lipinski definition) is 2. The Bertz CT molecular complexity index is 1060. The minimum absolute atomic E-state index is 0.00965. The third-order valence-electron chi connectivity index (χ3n) is 5.41. The van der Waals surface area contributed by atoms with Crippen LogP contribution in [-0.2, 0) is 19.6 Å². The summed E-state index contributed by atoms with van der Waals surface area (Å²) in [6.07, 6.45) is 3.13. The third-order valence-corrected chi connectivity index (χ3v) is 8.74. The number of carbonyl (C=O) groups excluding carboxylic acids is 2. The molecule has 4 rings (SSSR count). The van der Waals surface area contributed by atoms with Crippen LogP contribution < -0.4 is 10.6 Å². The summed E-state index contributed by atoms with van der Waals surface area (Å²) in [6, 6.07) is 10.5. The van der Waals surface area contributed by atoms with Crippen molar-refractivity contribution in [3.8, 4) is 0 Å². The maximum atomic E-state index is 12.9. The average Bonchev–Trinajstić information content (AvgIpc) is 3.49. The molecule has 30 heavy (non-hydrogen) atoms. The van der Waals surface area contributed by atoms with E-state index in [1.54, 1.807) is 36.4 Å². The van der Waals surface area contributed by atoms with Crippen molar-refractivity contribution in [3.05, 3.63) is 41.3 Å². The van der Waals surface area contributed by atoms with Gasteiger partial charge in [-0.05, 0) is 62.9 Å². The number of nitrogens with one attached hydrogen (secondary N) is 2. The molecule has 160 valence electrons. The molecule has 0 bridgehead atoms. The standard InChI is InChI=1S/C21H25N3O4S2/c1-14-7-10-19(29-14)30(27,28)24-11-3-4-16(13-24)21(26)23-18-6-2-5-17(12-18)22-20(25)15-8-9-15/h2,5-7,10,12,15-16H,3-4,8-9,11,13H2,1H3,(H,22,25)(H,23,26). The van der Waals surface area contributed by atoms with Crippen LogP contribution in [0.5, 0.6) is 0 Å². The predicted octanol–water partition coefficient (Wildman–Crippen LogP) is 3.44. The number of rotatable bonds is 6. The minimum Gasteiger partial charge on any atom is -0.326 e. The highest BCUT2D eigenvalue weighted by Crippen LogP contribution is 2.31. The minimum atomic E-state index is -3.58. The maximum absolute atomic E-state index is 12.9. The number of hydrogen-bond acceptors (Lipinski definition) is 5. The Balaban J connectivity index is 1.40. The second-order valence-electron chi connectivity index (χ2n) is 7.90. The lowest BCUT2D eigenvalue weighted by Crippen LogP contribution is -2.43. The van der Waals surface area contributed by atoms with E-state index in [1.165, 1.54) is 15.6 Å². The fourth-order valence-electron chi connectivity index (χ4n) is 3.56. The molecule has 0 spiro atoms. The first-order chi connectivity index (χ1) is 14.3. The Kier molecular flexibility index (Phi) is 5.95. The van der Waals surface area contributed by atoms with E-state index in [-0.39, 0.29) is 24.3 Å². The monoisotopic (exact) mass is 447 g/mol. The molecule has 2 aliphatic rings. The van der Waals surface area contributed by atoms with E-state index in [1.807, 2.05) is 6.92 Å². The summed E-state index contributed by atoms with van der Waals surface area (Å²) in [5.41, 5.74) is 1.23. The molecule has 2 N–H and O–H groups in total. The molecule has 1 aromatic heterocycles. The lowest BCUT2D eigenvalue weighted by molar-refractivity contribution is -0.121. The van der Waals surface area contributed by atoms with Gasteiger partial charge in [0, 0.05) is 35.3 Å². The zero-order chi connectivity index (χ0) is 21.3. The topological polar surface area (TPSA) is 95.6 Å². The summed E-state index contributed by atoms with van der Waals surface area (Å²) in [5.74, 6) is -0.511. The molecular weight excluding hydrogens is 422 g/mol. The number of sulfonamides is 1. The van der Waals surface area contributed by atoms with E-state index in [0.717, 1.165) is 17.7 Å². The first kappa shape index (κ1) is 21.0. The summed E-state index contributed by atoms with van der Waals surface area (Å²) >= 11 is 1.25. The maximum Gasteiger partial charge on any atom is 0.252 e. The number of carbonyl (C=O) groups is 2. The van der Waals surface area contributed by atoms with Gasteiger partial charge >= 0.3 is 0 Å². The highest BCUT2D eigenvalue weighted by molar-refractivity contribution is 7.91. The summed E-state index contributed by atoms with van der Waals surface area (Å²) < 4.78 is 27.5. The van der Waals surface area contributed by atoms with Gasteiger partial charge in [-0.25, -0.2) is 8.42 Å². The van der Waals surface area contributed by atoms with Gasteiger partial charge in [-0.15, -0.1) is 11.3 Å². The molecule has 1 atom stereocenters. The second-order valence-corrected chi connectivity index (χ2v) is 11.4. The summed E-state index contributed by atoms with van der Waals surface area (Å²) in [5, 5.41) is 5.74. The molecule has 2 aromatic rings. The predicted molar refractivity (Wildman–Crippen MR) is 117 cm³/mol. The SMILES string of the molecule is Cc1ccc(S(=O)(=O)N2CCCC(C(=O)Nc3cccc(NC(=O)C4CC4)c3)C2)s1. The Hall–Kier alpha value is -2.23. The van der Waals surface area contributed by atoms with Crippen molar-refractivity contribution >= 4 is 44.5 Å². The van der Waals surface area contributed by atoms with E-state index >= 15 is 0 Å². The van der Waals surface area contributed by atoms with Crippen molar-refractivity contribution in [1.29, 1.82) is 0 Å². The molecule has 2 heterocycles.